The number of rotatable bonds is 9. The first kappa shape index (κ1) is 16.5. The van der Waals surface area contributed by atoms with Crippen molar-refractivity contribution in [3.63, 3.8) is 0 Å². The Hall–Kier alpha value is -1.53. The van der Waals surface area contributed by atoms with Crippen molar-refractivity contribution in [3.05, 3.63) is 18.0 Å². The van der Waals surface area contributed by atoms with Crippen molar-refractivity contribution in [2.24, 2.45) is 0 Å². The number of anilines is 1. The summed E-state index contributed by atoms with van der Waals surface area (Å²) >= 11 is 0. The maximum atomic E-state index is 12.0. The first-order valence-corrected chi connectivity index (χ1v) is 6.77. The minimum Gasteiger partial charge on any atom is -0.461 e. The smallest absolute Gasteiger partial charge is 0.355 e. The van der Waals surface area contributed by atoms with Gasteiger partial charge >= 0.3 is 5.97 Å². The fraction of sp³-hybridized carbons (Fsp3) is 0.643. The van der Waals surface area contributed by atoms with E-state index in [1.54, 1.807) is 19.4 Å². The molecular formula is C14H24N2O4. The summed E-state index contributed by atoms with van der Waals surface area (Å²) in [6.07, 6.45) is 2.41. The van der Waals surface area contributed by atoms with Crippen LogP contribution in [0.1, 0.15) is 36.8 Å². The highest BCUT2D eigenvalue weighted by molar-refractivity contribution is 5.89. The summed E-state index contributed by atoms with van der Waals surface area (Å²) in [5.74, 6) is -0.354. The van der Waals surface area contributed by atoms with Crippen LogP contribution in [-0.4, -0.2) is 44.1 Å². The summed E-state index contributed by atoms with van der Waals surface area (Å²) < 4.78 is 17.2. The predicted molar refractivity (Wildman–Crippen MR) is 76.8 cm³/mol. The molecule has 1 aromatic rings. The molecule has 0 amide bonds. The Bertz CT molecular complexity index is 415. The van der Waals surface area contributed by atoms with Crippen molar-refractivity contribution in [2.75, 3.05) is 39.3 Å². The maximum Gasteiger partial charge on any atom is 0.355 e. The number of nitrogens with zero attached hydrogens (tertiary/aromatic N) is 1. The molecule has 0 aliphatic rings. The number of hydrogen-bond donors (Lipinski definition) is 1. The van der Waals surface area contributed by atoms with E-state index in [1.807, 2.05) is 18.4 Å². The van der Waals surface area contributed by atoms with Gasteiger partial charge in [0.15, 0.2) is 0 Å². The van der Waals surface area contributed by atoms with Crippen molar-refractivity contribution < 1.29 is 19.0 Å². The average molecular weight is 284 g/mol. The quantitative estimate of drug-likeness (QED) is 0.553. The molecule has 0 spiro atoms. The van der Waals surface area contributed by atoms with E-state index in [4.69, 9.17) is 19.9 Å². The molecule has 0 aromatic carbocycles. The number of carbonyl (C=O) groups excluding carboxylic acids is 1. The molecule has 0 saturated carbocycles. The summed E-state index contributed by atoms with van der Waals surface area (Å²) in [5.41, 5.74) is 6.76. The largest absolute Gasteiger partial charge is 0.461 e. The maximum absolute atomic E-state index is 12.0. The zero-order valence-electron chi connectivity index (χ0n) is 12.4. The van der Waals surface area contributed by atoms with Gasteiger partial charge in [-0.2, -0.15) is 0 Å². The molecule has 0 bridgehead atoms. The van der Waals surface area contributed by atoms with Gasteiger partial charge in [-0.3, -0.25) is 0 Å². The second-order valence-corrected chi connectivity index (χ2v) is 4.75. The van der Waals surface area contributed by atoms with Crippen LogP contribution in [-0.2, 0) is 14.2 Å². The molecule has 0 aliphatic heterocycles. The van der Waals surface area contributed by atoms with Crippen LogP contribution in [0.4, 0.5) is 5.69 Å². The standard InChI is InChI=1S/C14H24N2O4/c1-11(2)16-10-12(15)9-13(16)14(17)20-6-4-5-19-8-7-18-3/h9-11H,4-8,15H2,1-3H3. The highest BCUT2D eigenvalue weighted by atomic mass is 16.5. The molecule has 6 heteroatoms. The molecule has 1 heterocycles. The number of esters is 1. The number of hydrogen-bond acceptors (Lipinski definition) is 5. The van der Waals surface area contributed by atoms with Gasteiger partial charge in [0.1, 0.15) is 5.69 Å². The Kier molecular flexibility index (Phi) is 7.11. The Balaban J connectivity index is 2.32. The lowest BCUT2D eigenvalue weighted by Gasteiger charge is -2.12. The molecule has 114 valence electrons. The topological polar surface area (TPSA) is 75.7 Å². The molecule has 1 rings (SSSR count). The monoisotopic (exact) mass is 284 g/mol. The molecule has 6 nitrogen and oxygen atoms in total. The summed E-state index contributed by atoms with van der Waals surface area (Å²) in [7, 11) is 1.63. The van der Waals surface area contributed by atoms with Gasteiger partial charge in [0.2, 0.25) is 0 Å². The molecule has 0 aliphatic carbocycles. The highest BCUT2D eigenvalue weighted by Crippen LogP contribution is 2.17. The molecule has 0 saturated heterocycles. The van der Waals surface area contributed by atoms with Gasteiger partial charge in [-0.15, -0.1) is 0 Å². The van der Waals surface area contributed by atoms with Gasteiger partial charge in [0, 0.05) is 32.4 Å². The van der Waals surface area contributed by atoms with E-state index in [0.29, 0.717) is 44.2 Å². The van der Waals surface area contributed by atoms with Crippen molar-refractivity contribution >= 4 is 11.7 Å². The third kappa shape index (κ3) is 5.22. The summed E-state index contributed by atoms with van der Waals surface area (Å²) in [4.78, 5) is 12.0. The molecule has 0 radical (unpaired) electrons. The normalized spacial score (nSPS) is 11.0. The van der Waals surface area contributed by atoms with Crippen LogP contribution < -0.4 is 5.73 Å². The van der Waals surface area contributed by atoms with Gasteiger partial charge in [0.05, 0.1) is 25.5 Å². The third-order valence-corrected chi connectivity index (χ3v) is 2.73. The van der Waals surface area contributed by atoms with Crippen molar-refractivity contribution in [3.8, 4) is 0 Å². The van der Waals surface area contributed by atoms with Crippen molar-refractivity contribution in [1.82, 2.24) is 4.57 Å². The Labute approximate surface area is 119 Å². The van der Waals surface area contributed by atoms with Crippen LogP contribution in [0.5, 0.6) is 0 Å². The van der Waals surface area contributed by atoms with Gasteiger partial charge in [-0.1, -0.05) is 0 Å². The van der Waals surface area contributed by atoms with Crippen molar-refractivity contribution in [2.45, 2.75) is 26.3 Å². The fourth-order valence-electron chi connectivity index (χ4n) is 1.74. The van der Waals surface area contributed by atoms with Crippen LogP contribution in [0, 0.1) is 0 Å². The zero-order valence-corrected chi connectivity index (χ0v) is 12.4. The Morgan fingerprint density at radius 2 is 2.05 bits per heavy atom. The first-order chi connectivity index (χ1) is 9.56. The number of aromatic nitrogens is 1. The summed E-state index contributed by atoms with van der Waals surface area (Å²) in [6, 6.07) is 1.80. The Morgan fingerprint density at radius 1 is 1.30 bits per heavy atom. The van der Waals surface area contributed by atoms with E-state index in [2.05, 4.69) is 0 Å². The minimum atomic E-state index is -0.354. The van der Waals surface area contributed by atoms with E-state index in [9.17, 15) is 4.79 Å². The van der Waals surface area contributed by atoms with Crippen LogP contribution in [0.3, 0.4) is 0 Å². The number of nitrogen functional groups attached to an aromatic ring is 1. The van der Waals surface area contributed by atoms with Crippen LogP contribution in [0.2, 0.25) is 0 Å². The van der Waals surface area contributed by atoms with Gasteiger partial charge in [0.25, 0.3) is 0 Å². The SMILES string of the molecule is COCCOCCCOC(=O)c1cc(N)cn1C(C)C. The van der Waals surface area contributed by atoms with Crippen molar-refractivity contribution in [1.29, 1.82) is 0 Å². The molecule has 2 N–H and O–H groups in total. The molecule has 0 unspecified atom stereocenters. The molecular weight excluding hydrogens is 260 g/mol. The Morgan fingerprint density at radius 3 is 2.70 bits per heavy atom. The first-order valence-electron chi connectivity index (χ1n) is 6.77. The third-order valence-electron chi connectivity index (χ3n) is 2.73. The van der Waals surface area contributed by atoms with E-state index >= 15 is 0 Å². The van der Waals surface area contributed by atoms with E-state index in [1.165, 1.54) is 0 Å². The molecule has 20 heavy (non-hydrogen) atoms. The van der Waals surface area contributed by atoms with E-state index in [0.717, 1.165) is 0 Å². The van der Waals surface area contributed by atoms with Gasteiger partial charge in [-0.25, -0.2) is 4.79 Å². The predicted octanol–water partition coefficient (Wildman–Crippen LogP) is 1.86. The lowest BCUT2D eigenvalue weighted by molar-refractivity contribution is 0.0375. The summed E-state index contributed by atoms with van der Waals surface area (Å²) in [6.45, 7) is 5.97. The van der Waals surface area contributed by atoms with E-state index in [-0.39, 0.29) is 12.0 Å². The molecule has 1 aromatic heterocycles. The highest BCUT2D eigenvalue weighted by Gasteiger charge is 2.15. The number of nitrogens with two attached hydrogens (primary N) is 1. The molecule has 0 fully saturated rings. The summed E-state index contributed by atoms with van der Waals surface area (Å²) in [5, 5.41) is 0. The average Bonchev–Trinajstić information content (AvgIpc) is 2.80. The fourth-order valence-corrected chi connectivity index (χ4v) is 1.74. The van der Waals surface area contributed by atoms with Crippen LogP contribution in [0.25, 0.3) is 0 Å². The molecule has 0 atom stereocenters. The van der Waals surface area contributed by atoms with Gasteiger partial charge in [-0.05, 0) is 19.9 Å². The van der Waals surface area contributed by atoms with Crippen LogP contribution >= 0.6 is 0 Å². The zero-order chi connectivity index (χ0) is 15.0. The second kappa shape index (κ2) is 8.60. The second-order valence-electron chi connectivity index (χ2n) is 4.75. The number of carbonyl (C=O) groups is 1. The minimum absolute atomic E-state index is 0.159. The lowest BCUT2D eigenvalue weighted by Crippen LogP contribution is -2.14. The number of ether oxygens (including phenoxy) is 3. The van der Waals surface area contributed by atoms with Gasteiger partial charge < -0.3 is 24.5 Å². The van der Waals surface area contributed by atoms with Crippen LogP contribution in [0.15, 0.2) is 12.3 Å². The van der Waals surface area contributed by atoms with E-state index < -0.39 is 0 Å². The number of methoxy groups -OCH3 is 1. The lowest BCUT2D eigenvalue weighted by atomic mass is 10.3.